The van der Waals surface area contributed by atoms with Crippen LogP contribution in [0.2, 0.25) is 5.02 Å². The number of anilines is 2. The van der Waals surface area contributed by atoms with Crippen LogP contribution < -0.4 is 16.8 Å². The van der Waals surface area contributed by atoms with Crippen LogP contribution in [0.25, 0.3) is 0 Å². The highest BCUT2D eigenvalue weighted by molar-refractivity contribution is 6.33. The number of nitrogens with two attached hydrogens (primary N) is 2. The molecule has 21 heavy (non-hydrogen) atoms. The number of benzene rings is 2. The van der Waals surface area contributed by atoms with E-state index in [1.54, 1.807) is 24.3 Å². The number of nitrogen functional groups attached to an aromatic ring is 1. The number of rotatable bonds is 4. The molecule has 0 aliphatic rings. The molecule has 2 amide bonds. The first-order valence-corrected chi connectivity index (χ1v) is 6.57. The van der Waals surface area contributed by atoms with Crippen molar-refractivity contribution in [2.24, 2.45) is 5.73 Å². The van der Waals surface area contributed by atoms with Gasteiger partial charge in [-0.05, 0) is 35.9 Å². The summed E-state index contributed by atoms with van der Waals surface area (Å²) >= 11 is 5.99. The molecule has 0 heterocycles. The molecule has 0 saturated heterocycles. The number of carbonyl (C=O) groups is 2. The molecule has 0 spiro atoms. The Balaban J connectivity index is 2.12. The summed E-state index contributed by atoms with van der Waals surface area (Å²) in [7, 11) is 0. The molecule has 6 heteroatoms. The SMILES string of the molecule is NC(=O)c1ccc(Cl)c(NC(=O)Cc2cccc(N)c2)c1. The fourth-order valence-corrected chi connectivity index (χ4v) is 2.02. The average Bonchev–Trinajstić information content (AvgIpc) is 2.41. The Kier molecular flexibility index (Phi) is 4.45. The van der Waals surface area contributed by atoms with Crippen molar-refractivity contribution in [1.29, 1.82) is 0 Å². The molecule has 0 aliphatic heterocycles. The number of primary amides is 1. The van der Waals surface area contributed by atoms with Crippen LogP contribution in [0.4, 0.5) is 11.4 Å². The lowest BCUT2D eigenvalue weighted by atomic mass is 10.1. The van der Waals surface area contributed by atoms with Gasteiger partial charge in [0.2, 0.25) is 11.8 Å². The first-order chi connectivity index (χ1) is 9.95. The van der Waals surface area contributed by atoms with E-state index in [0.717, 1.165) is 5.56 Å². The summed E-state index contributed by atoms with van der Waals surface area (Å²) in [5, 5.41) is 2.99. The molecule has 0 saturated carbocycles. The normalized spacial score (nSPS) is 10.1. The van der Waals surface area contributed by atoms with Gasteiger partial charge in [-0.2, -0.15) is 0 Å². The van der Waals surface area contributed by atoms with E-state index in [1.165, 1.54) is 18.2 Å². The lowest BCUT2D eigenvalue weighted by Gasteiger charge is -2.09. The Morgan fingerprint density at radius 2 is 1.90 bits per heavy atom. The van der Waals surface area contributed by atoms with E-state index in [9.17, 15) is 9.59 Å². The molecule has 0 bridgehead atoms. The van der Waals surface area contributed by atoms with E-state index < -0.39 is 5.91 Å². The van der Waals surface area contributed by atoms with Crippen molar-refractivity contribution >= 4 is 34.8 Å². The molecular formula is C15H14ClN3O2. The number of carbonyl (C=O) groups excluding carboxylic acids is 2. The summed E-state index contributed by atoms with van der Waals surface area (Å²) in [6.07, 6.45) is 0.155. The second kappa shape index (κ2) is 6.28. The number of halogens is 1. The van der Waals surface area contributed by atoms with Gasteiger partial charge >= 0.3 is 0 Å². The average molecular weight is 304 g/mol. The number of hydrogen-bond donors (Lipinski definition) is 3. The Hall–Kier alpha value is -2.53. The van der Waals surface area contributed by atoms with Crippen LogP contribution in [-0.4, -0.2) is 11.8 Å². The second-order valence-corrected chi connectivity index (χ2v) is 4.94. The smallest absolute Gasteiger partial charge is 0.248 e. The number of hydrogen-bond acceptors (Lipinski definition) is 3. The summed E-state index contributed by atoms with van der Waals surface area (Å²) < 4.78 is 0. The van der Waals surface area contributed by atoms with Crippen molar-refractivity contribution in [3.63, 3.8) is 0 Å². The zero-order chi connectivity index (χ0) is 15.4. The van der Waals surface area contributed by atoms with Crippen molar-refractivity contribution in [2.45, 2.75) is 6.42 Å². The van der Waals surface area contributed by atoms with Crippen LogP contribution in [0.5, 0.6) is 0 Å². The van der Waals surface area contributed by atoms with Crippen LogP contribution >= 0.6 is 11.6 Å². The van der Waals surface area contributed by atoms with Crippen molar-refractivity contribution in [2.75, 3.05) is 11.1 Å². The third kappa shape index (κ3) is 3.97. The summed E-state index contributed by atoms with van der Waals surface area (Å²) in [4.78, 5) is 23.1. The molecule has 0 aromatic heterocycles. The second-order valence-electron chi connectivity index (χ2n) is 4.53. The highest BCUT2D eigenvalue weighted by Gasteiger charge is 2.10. The minimum absolute atomic E-state index is 0.155. The van der Waals surface area contributed by atoms with Gasteiger partial charge in [0.25, 0.3) is 0 Å². The molecule has 0 fully saturated rings. The predicted octanol–water partition coefficient (Wildman–Crippen LogP) is 2.20. The molecule has 0 aliphatic carbocycles. The van der Waals surface area contributed by atoms with Gasteiger partial charge < -0.3 is 16.8 Å². The summed E-state index contributed by atoms with van der Waals surface area (Å²) in [5.41, 5.74) is 12.9. The Morgan fingerprint density at radius 3 is 2.57 bits per heavy atom. The van der Waals surface area contributed by atoms with Gasteiger partial charge in [0, 0.05) is 11.3 Å². The minimum atomic E-state index is -0.585. The Labute approximate surface area is 126 Å². The minimum Gasteiger partial charge on any atom is -0.399 e. The Morgan fingerprint density at radius 1 is 1.14 bits per heavy atom. The quantitative estimate of drug-likeness (QED) is 0.755. The summed E-state index contributed by atoms with van der Waals surface area (Å²) in [5.74, 6) is -0.845. The molecule has 108 valence electrons. The van der Waals surface area contributed by atoms with E-state index in [4.69, 9.17) is 23.1 Å². The summed E-state index contributed by atoms with van der Waals surface area (Å²) in [6.45, 7) is 0. The van der Waals surface area contributed by atoms with Crippen molar-refractivity contribution < 1.29 is 9.59 Å². The van der Waals surface area contributed by atoms with Gasteiger partial charge in [-0.3, -0.25) is 9.59 Å². The molecule has 5 N–H and O–H groups in total. The maximum absolute atomic E-state index is 12.0. The molecular weight excluding hydrogens is 290 g/mol. The molecule has 2 aromatic rings. The van der Waals surface area contributed by atoms with E-state index >= 15 is 0 Å². The van der Waals surface area contributed by atoms with Crippen molar-refractivity contribution in [1.82, 2.24) is 0 Å². The van der Waals surface area contributed by atoms with Crippen molar-refractivity contribution in [3.05, 3.63) is 58.6 Å². The van der Waals surface area contributed by atoms with Crippen LogP contribution in [-0.2, 0) is 11.2 Å². The first kappa shape index (κ1) is 14.9. The van der Waals surface area contributed by atoms with Crippen LogP contribution in [0.1, 0.15) is 15.9 Å². The molecule has 0 atom stereocenters. The zero-order valence-electron chi connectivity index (χ0n) is 11.1. The lowest BCUT2D eigenvalue weighted by molar-refractivity contribution is -0.115. The summed E-state index contributed by atoms with van der Waals surface area (Å²) in [6, 6.07) is 11.5. The first-order valence-electron chi connectivity index (χ1n) is 6.19. The number of amides is 2. The van der Waals surface area contributed by atoms with Gasteiger partial charge in [-0.1, -0.05) is 23.7 Å². The molecule has 2 aromatic carbocycles. The number of nitrogens with one attached hydrogen (secondary N) is 1. The van der Waals surface area contributed by atoms with Crippen molar-refractivity contribution in [3.8, 4) is 0 Å². The standard InChI is InChI=1S/C15H14ClN3O2/c16-12-5-4-10(15(18)21)8-13(12)19-14(20)7-9-2-1-3-11(17)6-9/h1-6,8H,7,17H2,(H2,18,21)(H,19,20). The van der Waals surface area contributed by atoms with Gasteiger partial charge in [-0.15, -0.1) is 0 Å². The maximum atomic E-state index is 12.0. The van der Waals surface area contributed by atoms with E-state index in [1.807, 2.05) is 0 Å². The van der Waals surface area contributed by atoms with Crippen LogP contribution in [0.3, 0.4) is 0 Å². The fraction of sp³-hybridized carbons (Fsp3) is 0.0667. The van der Waals surface area contributed by atoms with E-state index in [-0.39, 0.29) is 17.9 Å². The van der Waals surface area contributed by atoms with Gasteiger partial charge in [-0.25, -0.2) is 0 Å². The Bertz CT molecular complexity index is 701. The third-order valence-electron chi connectivity index (χ3n) is 2.84. The van der Waals surface area contributed by atoms with Crippen LogP contribution in [0, 0.1) is 0 Å². The highest BCUT2D eigenvalue weighted by atomic mass is 35.5. The van der Waals surface area contributed by atoms with Gasteiger partial charge in [0.05, 0.1) is 17.1 Å². The third-order valence-corrected chi connectivity index (χ3v) is 3.17. The highest BCUT2D eigenvalue weighted by Crippen LogP contribution is 2.23. The van der Waals surface area contributed by atoms with Crippen LogP contribution in [0.15, 0.2) is 42.5 Å². The molecule has 5 nitrogen and oxygen atoms in total. The monoisotopic (exact) mass is 303 g/mol. The molecule has 2 rings (SSSR count). The maximum Gasteiger partial charge on any atom is 0.248 e. The van der Waals surface area contributed by atoms with Gasteiger partial charge in [0.1, 0.15) is 0 Å². The topological polar surface area (TPSA) is 98.2 Å². The molecule has 0 unspecified atom stereocenters. The lowest BCUT2D eigenvalue weighted by Crippen LogP contribution is -2.16. The zero-order valence-corrected chi connectivity index (χ0v) is 11.9. The fourth-order valence-electron chi connectivity index (χ4n) is 1.86. The van der Waals surface area contributed by atoms with E-state index in [2.05, 4.69) is 5.32 Å². The van der Waals surface area contributed by atoms with Gasteiger partial charge in [0.15, 0.2) is 0 Å². The molecule has 0 radical (unpaired) electrons. The predicted molar refractivity (Wildman–Crippen MR) is 83.2 cm³/mol. The largest absolute Gasteiger partial charge is 0.399 e. The van der Waals surface area contributed by atoms with E-state index in [0.29, 0.717) is 16.4 Å².